The number of aromatic nitrogens is 1. The molecule has 0 saturated carbocycles. The van der Waals surface area contributed by atoms with Gasteiger partial charge in [0.05, 0.1) is 6.20 Å². The Bertz CT molecular complexity index is 637. The van der Waals surface area contributed by atoms with Gasteiger partial charge in [-0.2, -0.15) is 0 Å². The van der Waals surface area contributed by atoms with E-state index in [4.69, 9.17) is 4.74 Å². The Morgan fingerprint density at radius 3 is 2.47 bits per heavy atom. The molecule has 0 amide bonds. The molecule has 0 fully saturated rings. The highest BCUT2D eigenvalue weighted by Gasteiger charge is 1.97. The number of halogens is 1. The van der Waals surface area contributed by atoms with Crippen LogP contribution in [0, 0.1) is 17.7 Å². The van der Waals surface area contributed by atoms with Gasteiger partial charge in [-0.05, 0) is 42.3 Å². The fourth-order valence-corrected chi connectivity index (χ4v) is 1.35. The van der Waals surface area contributed by atoms with E-state index in [-0.39, 0.29) is 5.82 Å². The fourth-order valence-electron chi connectivity index (χ4n) is 1.35. The van der Waals surface area contributed by atoms with Crippen LogP contribution >= 0.6 is 0 Å². The van der Waals surface area contributed by atoms with E-state index in [0.717, 1.165) is 0 Å². The highest BCUT2D eigenvalue weighted by atomic mass is 19.1. The lowest BCUT2D eigenvalue weighted by Crippen LogP contribution is -2.01. The van der Waals surface area contributed by atoms with E-state index in [1.54, 1.807) is 24.3 Å². The van der Waals surface area contributed by atoms with Crippen molar-refractivity contribution in [1.29, 1.82) is 0 Å². The van der Waals surface area contributed by atoms with Gasteiger partial charge in [0.2, 0.25) is 0 Å². The van der Waals surface area contributed by atoms with Crippen LogP contribution in [0.2, 0.25) is 0 Å². The van der Waals surface area contributed by atoms with Gasteiger partial charge >= 0.3 is 5.97 Å². The summed E-state index contributed by atoms with van der Waals surface area (Å²) in [5.74, 6) is 5.38. The molecule has 0 aliphatic heterocycles. The molecule has 0 spiro atoms. The molecule has 0 aliphatic rings. The van der Waals surface area contributed by atoms with E-state index in [0.29, 0.717) is 17.0 Å². The van der Waals surface area contributed by atoms with E-state index in [2.05, 4.69) is 16.8 Å². The Hall–Kier alpha value is -2.67. The summed E-state index contributed by atoms with van der Waals surface area (Å²) in [7, 11) is 0. The maximum absolute atomic E-state index is 12.7. The molecule has 0 unspecified atom stereocenters. The van der Waals surface area contributed by atoms with Crippen LogP contribution in [0.4, 0.5) is 4.39 Å². The Balaban J connectivity index is 2.11. The number of hydrogen-bond acceptors (Lipinski definition) is 3. The zero-order chi connectivity index (χ0) is 13.7. The number of esters is 1. The van der Waals surface area contributed by atoms with Crippen LogP contribution in [0.3, 0.4) is 0 Å². The molecule has 0 radical (unpaired) electrons. The van der Waals surface area contributed by atoms with Gasteiger partial charge in [0.1, 0.15) is 17.3 Å². The third kappa shape index (κ3) is 3.93. The molecule has 4 heteroatoms. The van der Waals surface area contributed by atoms with Crippen molar-refractivity contribution in [2.75, 3.05) is 0 Å². The van der Waals surface area contributed by atoms with Gasteiger partial charge in [-0.15, -0.1) is 0 Å². The minimum atomic E-state index is -0.396. The highest BCUT2D eigenvalue weighted by Crippen LogP contribution is 2.09. The minimum Gasteiger partial charge on any atom is -0.425 e. The van der Waals surface area contributed by atoms with Crippen LogP contribution in [-0.4, -0.2) is 11.0 Å². The van der Waals surface area contributed by atoms with Gasteiger partial charge in [0.15, 0.2) is 0 Å². The monoisotopic (exact) mass is 255 g/mol. The molecule has 1 heterocycles. The highest BCUT2D eigenvalue weighted by molar-refractivity contribution is 5.69. The van der Waals surface area contributed by atoms with Crippen molar-refractivity contribution in [3.63, 3.8) is 0 Å². The van der Waals surface area contributed by atoms with Crippen LogP contribution < -0.4 is 4.74 Å². The number of rotatable bonds is 1. The zero-order valence-electron chi connectivity index (χ0n) is 10.2. The number of carbonyl (C=O) groups is 1. The van der Waals surface area contributed by atoms with Gasteiger partial charge in [0, 0.05) is 12.5 Å². The second-order valence-electron chi connectivity index (χ2n) is 3.73. The van der Waals surface area contributed by atoms with Gasteiger partial charge in [0.25, 0.3) is 0 Å². The second-order valence-corrected chi connectivity index (χ2v) is 3.73. The summed E-state index contributed by atoms with van der Waals surface area (Å²) >= 11 is 0. The molecule has 0 atom stereocenters. The predicted octanol–water partition coefficient (Wildman–Crippen LogP) is 2.55. The normalized spacial score (nSPS) is 9.37. The molecule has 0 N–H and O–H groups in total. The van der Waals surface area contributed by atoms with Gasteiger partial charge in [-0.25, -0.2) is 9.37 Å². The summed E-state index contributed by atoms with van der Waals surface area (Å²) < 4.78 is 17.6. The topological polar surface area (TPSA) is 39.2 Å². The zero-order valence-corrected chi connectivity index (χ0v) is 10.2. The predicted molar refractivity (Wildman–Crippen MR) is 67.9 cm³/mol. The van der Waals surface area contributed by atoms with Crippen molar-refractivity contribution in [3.8, 4) is 17.6 Å². The smallest absolute Gasteiger partial charge is 0.308 e. The lowest BCUT2D eigenvalue weighted by Gasteiger charge is -1.98. The number of ether oxygens (including phenoxy) is 1. The quantitative estimate of drug-likeness (QED) is 0.580. The molecule has 2 rings (SSSR count). The number of carbonyl (C=O) groups excluding carboxylic acids is 1. The minimum absolute atomic E-state index is 0.297. The van der Waals surface area contributed by atoms with Crippen molar-refractivity contribution in [3.05, 3.63) is 59.7 Å². The average Bonchev–Trinajstić information content (AvgIpc) is 2.39. The van der Waals surface area contributed by atoms with Gasteiger partial charge < -0.3 is 4.74 Å². The Morgan fingerprint density at radius 1 is 1.16 bits per heavy atom. The third-order valence-corrected chi connectivity index (χ3v) is 2.18. The first-order valence-electron chi connectivity index (χ1n) is 5.55. The molecule has 0 aliphatic carbocycles. The van der Waals surface area contributed by atoms with E-state index < -0.39 is 5.97 Å². The van der Waals surface area contributed by atoms with Crippen molar-refractivity contribution >= 4 is 5.97 Å². The number of hydrogen-bond donors (Lipinski definition) is 0. The Morgan fingerprint density at radius 2 is 1.89 bits per heavy atom. The summed E-state index contributed by atoms with van der Waals surface area (Å²) in [6, 6.07) is 9.14. The van der Waals surface area contributed by atoms with Crippen LogP contribution in [0.25, 0.3) is 0 Å². The van der Waals surface area contributed by atoms with Crippen molar-refractivity contribution in [2.24, 2.45) is 0 Å². The Kier molecular flexibility index (Phi) is 3.89. The second kappa shape index (κ2) is 5.78. The molecule has 1 aromatic carbocycles. The van der Waals surface area contributed by atoms with Crippen molar-refractivity contribution in [2.45, 2.75) is 6.92 Å². The maximum atomic E-state index is 12.7. The van der Waals surface area contributed by atoms with E-state index in [9.17, 15) is 9.18 Å². The lowest BCUT2D eigenvalue weighted by molar-refractivity contribution is -0.131. The van der Waals surface area contributed by atoms with Crippen LogP contribution in [0.15, 0.2) is 42.6 Å². The van der Waals surface area contributed by atoms with Crippen LogP contribution in [0.5, 0.6) is 5.75 Å². The molecule has 94 valence electrons. The summed E-state index contributed by atoms with van der Waals surface area (Å²) in [6.45, 7) is 1.32. The number of pyridine rings is 1. The first kappa shape index (κ1) is 12.8. The van der Waals surface area contributed by atoms with Crippen molar-refractivity contribution < 1.29 is 13.9 Å². The Labute approximate surface area is 110 Å². The van der Waals surface area contributed by atoms with E-state index >= 15 is 0 Å². The van der Waals surface area contributed by atoms with Crippen LogP contribution in [-0.2, 0) is 4.79 Å². The first-order chi connectivity index (χ1) is 9.13. The SMILES string of the molecule is CC(=O)Oc1ccc(C#Cc2ccc(F)cc2)nc1. The van der Waals surface area contributed by atoms with Crippen molar-refractivity contribution in [1.82, 2.24) is 4.98 Å². The maximum Gasteiger partial charge on any atom is 0.308 e. The summed E-state index contributed by atoms with van der Waals surface area (Å²) in [5.41, 5.74) is 1.24. The molecular formula is C15H10FNO2. The standard InChI is InChI=1S/C15H10FNO2/c1-11(18)19-15-9-8-14(17-10-15)7-4-12-2-5-13(16)6-3-12/h2-3,5-6,8-10H,1H3. The summed E-state index contributed by atoms with van der Waals surface area (Å²) in [4.78, 5) is 14.8. The summed E-state index contributed by atoms with van der Waals surface area (Å²) in [6.07, 6.45) is 1.43. The largest absolute Gasteiger partial charge is 0.425 e. The van der Waals surface area contributed by atoms with E-state index in [1.807, 2.05) is 0 Å². The first-order valence-corrected chi connectivity index (χ1v) is 5.55. The van der Waals surface area contributed by atoms with Gasteiger partial charge in [-0.3, -0.25) is 4.79 Å². The number of nitrogens with zero attached hydrogens (tertiary/aromatic N) is 1. The third-order valence-electron chi connectivity index (χ3n) is 2.18. The molecule has 0 bridgehead atoms. The van der Waals surface area contributed by atoms with Crippen LogP contribution in [0.1, 0.15) is 18.2 Å². The molecule has 3 nitrogen and oxygen atoms in total. The average molecular weight is 255 g/mol. The molecular weight excluding hydrogens is 245 g/mol. The van der Waals surface area contributed by atoms with E-state index in [1.165, 1.54) is 25.3 Å². The van der Waals surface area contributed by atoms with Gasteiger partial charge in [-0.1, -0.05) is 5.92 Å². The molecule has 1 aromatic heterocycles. The summed E-state index contributed by atoms with van der Waals surface area (Å²) in [5, 5.41) is 0. The molecule has 0 saturated heterocycles. The molecule has 19 heavy (non-hydrogen) atoms. The number of benzene rings is 1. The fraction of sp³-hybridized carbons (Fsp3) is 0.0667. The lowest BCUT2D eigenvalue weighted by atomic mass is 10.2. The molecule has 2 aromatic rings.